The maximum absolute atomic E-state index is 6.18. The topological polar surface area (TPSA) is 34.2 Å². The van der Waals surface area contributed by atoms with E-state index in [1.165, 1.54) is 33.4 Å². The molecule has 2 N–H and O–H groups in total. The van der Waals surface area contributed by atoms with Crippen molar-refractivity contribution >= 4 is 16.6 Å². The lowest BCUT2D eigenvalue weighted by molar-refractivity contribution is 0.688. The molecule has 0 saturated carbocycles. The van der Waals surface area contributed by atoms with Gasteiger partial charge >= 0.3 is 0 Å². The number of aryl methyl sites for hydroxylation is 1. The van der Waals surface area contributed by atoms with Crippen LogP contribution >= 0.6 is 0 Å². The van der Waals surface area contributed by atoms with Gasteiger partial charge in [-0.1, -0.05) is 30.3 Å². The van der Waals surface area contributed by atoms with E-state index in [0.717, 1.165) is 6.42 Å². The molecule has 0 spiro atoms. The molecule has 3 nitrogen and oxygen atoms in total. The van der Waals surface area contributed by atoms with Gasteiger partial charge in [0.25, 0.3) is 0 Å². The molecule has 0 radical (unpaired) electrons. The molecule has 1 atom stereocenters. The first-order chi connectivity index (χ1) is 11.5. The summed E-state index contributed by atoms with van der Waals surface area (Å²) in [6, 6.07) is 17.4. The highest BCUT2D eigenvalue weighted by molar-refractivity contribution is 5.86. The van der Waals surface area contributed by atoms with Crippen molar-refractivity contribution in [2.24, 2.45) is 12.8 Å². The second-order valence-corrected chi connectivity index (χ2v) is 6.77. The van der Waals surface area contributed by atoms with Crippen molar-refractivity contribution < 1.29 is 0 Å². The van der Waals surface area contributed by atoms with Gasteiger partial charge in [-0.3, -0.25) is 0 Å². The van der Waals surface area contributed by atoms with E-state index in [2.05, 4.69) is 86.1 Å². The SMILES string of the molecule is Cc1c(C(CN)Cc2ccc(N(C)C)cc2)c2ccccc2n1C. The van der Waals surface area contributed by atoms with E-state index in [-0.39, 0.29) is 0 Å². The van der Waals surface area contributed by atoms with E-state index in [0.29, 0.717) is 12.5 Å². The molecule has 24 heavy (non-hydrogen) atoms. The summed E-state index contributed by atoms with van der Waals surface area (Å²) >= 11 is 0. The van der Waals surface area contributed by atoms with Crippen LogP contribution in [0.5, 0.6) is 0 Å². The average molecular weight is 321 g/mol. The minimum absolute atomic E-state index is 0.335. The van der Waals surface area contributed by atoms with E-state index in [1.54, 1.807) is 0 Å². The lowest BCUT2D eigenvalue weighted by Gasteiger charge is -2.18. The van der Waals surface area contributed by atoms with Gasteiger partial charge in [0.15, 0.2) is 0 Å². The fourth-order valence-corrected chi connectivity index (χ4v) is 3.58. The Labute approximate surface area is 144 Å². The first-order valence-corrected chi connectivity index (χ1v) is 8.53. The van der Waals surface area contributed by atoms with Gasteiger partial charge in [0.2, 0.25) is 0 Å². The molecule has 3 rings (SSSR count). The van der Waals surface area contributed by atoms with E-state index < -0.39 is 0 Å². The van der Waals surface area contributed by atoms with Crippen LogP contribution < -0.4 is 10.6 Å². The minimum Gasteiger partial charge on any atom is -0.378 e. The number of rotatable bonds is 5. The zero-order chi connectivity index (χ0) is 17.3. The van der Waals surface area contributed by atoms with Crippen molar-refractivity contribution in [3.63, 3.8) is 0 Å². The van der Waals surface area contributed by atoms with Crippen LogP contribution in [0, 0.1) is 6.92 Å². The molecule has 0 aliphatic rings. The summed E-state index contributed by atoms with van der Waals surface area (Å²) in [5.41, 5.74) is 12.7. The van der Waals surface area contributed by atoms with Gasteiger partial charge < -0.3 is 15.2 Å². The van der Waals surface area contributed by atoms with Crippen LogP contribution in [0.2, 0.25) is 0 Å². The third-order valence-electron chi connectivity index (χ3n) is 5.08. The maximum atomic E-state index is 6.18. The van der Waals surface area contributed by atoms with Gasteiger partial charge in [-0.05, 0) is 49.2 Å². The first kappa shape index (κ1) is 16.6. The summed E-state index contributed by atoms with van der Waals surface area (Å²) in [4.78, 5) is 2.12. The Balaban J connectivity index is 1.96. The molecule has 126 valence electrons. The summed E-state index contributed by atoms with van der Waals surface area (Å²) in [6.45, 7) is 2.86. The maximum Gasteiger partial charge on any atom is 0.0482 e. The summed E-state index contributed by atoms with van der Waals surface area (Å²) in [5, 5.41) is 1.33. The molecule has 0 amide bonds. The number of aromatic nitrogens is 1. The molecule has 1 unspecified atom stereocenters. The van der Waals surface area contributed by atoms with Gasteiger partial charge in [-0.2, -0.15) is 0 Å². The van der Waals surface area contributed by atoms with Crippen molar-refractivity contribution in [3.8, 4) is 0 Å². The normalized spacial score (nSPS) is 12.5. The third kappa shape index (κ3) is 2.92. The zero-order valence-electron chi connectivity index (χ0n) is 15.1. The number of hydrogen-bond acceptors (Lipinski definition) is 2. The number of fused-ring (bicyclic) bond motifs is 1. The second-order valence-electron chi connectivity index (χ2n) is 6.77. The fourth-order valence-electron chi connectivity index (χ4n) is 3.58. The second kappa shape index (κ2) is 6.70. The lowest BCUT2D eigenvalue weighted by Crippen LogP contribution is -2.16. The highest BCUT2D eigenvalue weighted by atomic mass is 15.1. The Kier molecular flexibility index (Phi) is 4.63. The predicted molar refractivity (Wildman–Crippen MR) is 104 cm³/mol. The molecule has 0 bridgehead atoms. The van der Waals surface area contributed by atoms with Crippen molar-refractivity contribution in [2.45, 2.75) is 19.3 Å². The molecule has 3 aromatic rings. The fraction of sp³-hybridized carbons (Fsp3) is 0.333. The molecule has 0 aliphatic carbocycles. The lowest BCUT2D eigenvalue weighted by atomic mass is 9.90. The largest absolute Gasteiger partial charge is 0.378 e. The monoisotopic (exact) mass is 321 g/mol. The number of benzene rings is 2. The number of nitrogens with two attached hydrogens (primary N) is 1. The van der Waals surface area contributed by atoms with Crippen LogP contribution in [0.25, 0.3) is 10.9 Å². The van der Waals surface area contributed by atoms with Crippen molar-refractivity contribution in [1.29, 1.82) is 0 Å². The Morgan fingerprint density at radius 3 is 2.33 bits per heavy atom. The van der Waals surface area contributed by atoms with Gasteiger partial charge in [0.1, 0.15) is 0 Å². The zero-order valence-corrected chi connectivity index (χ0v) is 15.1. The molecule has 3 heteroatoms. The van der Waals surface area contributed by atoms with Gasteiger partial charge in [-0.25, -0.2) is 0 Å². The van der Waals surface area contributed by atoms with Crippen LogP contribution in [0.15, 0.2) is 48.5 Å². The number of hydrogen-bond donors (Lipinski definition) is 1. The van der Waals surface area contributed by atoms with Gasteiger partial charge in [0, 0.05) is 49.3 Å². The smallest absolute Gasteiger partial charge is 0.0482 e. The predicted octanol–water partition coefficient (Wildman–Crippen LogP) is 3.84. The molecule has 2 aromatic carbocycles. The van der Waals surface area contributed by atoms with Crippen molar-refractivity contribution in [3.05, 3.63) is 65.4 Å². The molecular weight excluding hydrogens is 294 g/mol. The molecular formula is C21H27N3. The molecule has 0 saturated heterocycles. The van der Waals surface area contributed by atoms with Crippen LogP contribution in [-0.4, -0.2) is 25.2 Å². The number of anilines is 1. The summed E-state index contributed by atoms with van der Waals surface area (Å²) < 4.78 is 2.28. The average Bonchev–Trinajstić information content (AvgIpc) is 2.85. The summed E-state index contributed by atoms with van der Waals surface area (Å²) in [6.07, 6.45) is 0.971. The molecule has 0 aliphatic heterocycles. The molecule has 1 aromatic heterocycles. The third-order valence-corrected chi connectivity index (χ3v) is 5.08. The van der Waals surface area contributed by atoms with Crippen LogP contribution in [0.1, 0.15) is 22.7 Å². The number of para-hydroxylation sites is 1. The Morgan fingerprint density at radius 1 is 1.04 bits per heavy atom. The molecule has 1 heterocycles. The van der Waals surface area contributed by atoms with Crippen molar-refractivity contribution in [1.82, 2.24) is 4.57 Å². The van der Waals surface area contributed by atoms with E-state index in [1.807, 2.05) is 0 Å². The Hall–Kier alpha value is -2.26. The summed E-state index contributed by atoms with van der Waals surface area (Å²) in [5.74, 6) is 0.335. The van der Waals surface area contributed by atoms with Gasteiger partial charge in [0.05, 0.1) is 0 Å². The van der Waals surface area contributed by atoms with E-state index in [9.17, 15) is 0 Å². The van der Waals surface area contributed by atoms with E-state index >= 15 is 0 Å². The highest BCUT2D eigenvalue weighted by Crippen LogP contribution is 2.32. The van der Waals surface area contributed by atoms with Crippen molar-refractivity contribution in [2.75, 3.05) is 25.5 Å². The van der Waals surface area contributed by atoms with Gasteiger partial charge in [-0.15, -0.1) is 0 Å². The minimum atomic E-state index is 0.335. The van der Waals surface area contributed by atoms with Crippen LogP contribution in [0.4, 0.5) is 5.69 Å². The standard InChI is InChI=1S/C21H27N3/c1-15-21(19-7-5-6-8-20(19)24(15)4)17(14-22)13-16-9-11-18(12-10-16)23(2)3/h5-12,17H,13-14,22H2,1-4H3. The quantitative estimate of drug-likeness (QED) is 0.775. The number of nitrogens with zero attached hydrogens (tertiary/aromatic N) is 2. The first-order valence-electron chi connectivity index (χ1n) is 8.53. The Morgan fingerprint density at radius 2 is 1.71 bits per heavy atom. The van der Waals surface area contributed by atoms with E-state index in [4.69, 9.17) is 5.73 Å². The molecule has 0 fully saturated rings. The highest BCUT2D eigenvalue weighted by Gasteiger charge is 2.20. The summed E-state index contributed by atoms with van der Waals surface area (Å²) in [7, 11) is 6.27. The Bertz CT molecular complexity index is 828. The van der Waals surface area contributed by atoms with Crippen LogP contribution in [0.3, 0.4) is 0 Å². The van der Waals surface area contributed by atoms with Crippen LogP contribution in [-0.2, 0) is 13.5 Å².